The van der Waals surface area contributed by atoms with Crippen LogP contribution < -0.4 is 0 Å². The van der Waals surface area contributed by atoms with Gasteiger partial charge in [-0.05, 0) is 101 Å². The van der Waals surface area contributed by atoms with Crippen LogP contribution in [0.2, 0.25) is 9.36 Å². The van der Waals surface area contributed by atoms with Gasteiger partial charge in [-0.1, -0.05) is 319 Å². The van der Waals surface area contributed by atoms with E-state index in [-0.39, 0.29) is 29.1 Å². The molecule has 0 saturated heterocycles. The first kappa shape index (κ1) is 63.7. The molecule has 6 aromatic carbocycles. The smallest absolute Gasteiger partial charge is 0.112 e. The van der Waals surface area contributed by atoms with E-state index in [1.165, 1.54) is 59.5 Å². The summed E-state index contributed by atoms with van der Waals surface area (Å²) >= 11 is 15.0. The van der Waals surface area contributed by atoms with Crippen molar-refractivity contribution < 1.29 is 0 Å². The van der Waals surface area contributed by atoms with Crippen LogP contribution in [0.25, 0.3) is 21.9 Å². The predicted octanol–water partition coefficient (Wildman–Crippen LogP) is 23.1. The summed E-state index contributed by atoms with van der Waals surface area (Å²) in [6, 6.07) is 60.1. The molecule has 0 N–H and O–H groups in total. The largest absolute Gasteiger partial charge is 0.148 e. The van der Waals surface area contributed by atoms with E-state index in [4.69, 9.17) is 23.2 Å². The van der Waals surface area contributed by atoms with E-state index in [0.717, 1.165) is 0 Å². The highest BCUT2D eigenvalue weighted by molar-refractivity contribution is 7.17. The lowest BCUT2D eigenvalue weighted by molar-refractivity contribution is 0.590. The third-order valence-electron chi connectivity index (χ3n) is 11.7. The molecule has 0 aliphatic heterocycles. The van der Waals surface area contributed by atoms with E-state index in [0.29, 0.717) is 20.2 Å². The van der Waals surface area contributed by atoms with Crippen LogP contribution in [-0.2, 0) is 32.5 Å². The normalized spacial score (nSPS) is 11.6. The van der Waals surface area contributed by atoms with Gasteiger partial charge in [0.05, 0.1) is 5.02 Å². The molecule has 72 heavy (non-hydrogen) atoms. The number of hydrogen-bond acceptors (Lipinski definition) is 2. The van der Waals surface area contributed by atoms with Gasteiger partial charge >= 0.3 is 0 Å². The minimum atomic E-state index is 0. The summed E-state index contributed by atoms with van der Waals surface area (Å²) in [6.07, 6.45) is 0. The molecule has 388 valence electrons. The Bertz CT molecular complexity index is 2700. The zero-order chi connectivity index (χ0) is 53.4. The van der Waals surface area contributed by atoms with Crippen LogP contribution in [0.5, 0.6) is 0 Å². The molecule has 0 spiro atoms. The van der Waals surface area contributed by atoms with Crippen molar-refractivity contribution in [3.05, 3.63) is 222 Å². The highest BCUT2D eigenvalue weighted by Crippen LogP contribution is 2.38. The summed E-state index contributed by atoms with van der Waals surface area (Å²) in [7, 11) is 0. The second kappa shape index (κ2) is 27.7. The molecule has 2 aromatic heterocycles. The maximum atomic E-state index is 5.82. The van der Waals surface area contributed by atoms with Crippen LogP contribution >= 0.6 is 45.9 Å². The van der Waals surface area contributed by atoms with Crippen molar-refractivity contribution in [3.63, 3.8) is 0 Å². The van der Waals surface area contributed by atoms with E-state index in [9.17, 15) is 0 Å². The zero-order valence-electron chi connectivity index (χ0n) is 46.8. The average Bonchev–Trinajstić information content (AvgIpc) is 3.98. The monoisotopic (exact) mass is 1040 g/mol. The zero-order valence-corrected chi connectivity index (χ0v) is 50.0. The van der Waals surface area contributed by atoms with Gasteiger partial charge in [-0.2, -0.15) is 0 Å². The first-order valence-corrected chi connectivity index (χ1v) is 27.5. The highest BCUT2D eigenvalue weighted by Gasteiger charge is 2.19. The molecule has 0 aliphatic carbocycles. The van der Waals surface area contributed by atoms with Gasteiger partial charge in [-0.25, -0.2) is 0 Å². The van der Waals surface area contributed by atoms with E-state index in [1.807, 2.05) is 23.5 Å². The highest BCUT2D eigenvalue weighted by atomic mass is 35.5. The molecule has 0 amide bonds. The molecule has 0 unspecified atom stereocenters. The number of benzene rings is 6. The molecule has 0 nitrogen and oxygen atoms in total. The lowest BCUT2D eigenvalue weighted by Crippen LogP contribution is -2.10. The van der Waals surface area contributed by atoms with Crippen molar-refractivity contribution in [2.24, 2.45) is 0 Å². The van der Waals surface area contributed by atoms with Crippen LogP contribution in [0.1, 0.15) is 170 Å². The summed E-state index contributed by atoms with van der Waals surface area (Å²) in [5.74, 6) is 0. The van der Waals surface area contributed by atoms with Gasteiger partial charge in [0.15, 0.2) is 0 Å². The Morgan fingerprint density at radius 3 is 1.08 bits per heavy atom. The van der Waals surface area contributed by atoms with Gasteiger partial charge in [0.25, 0.3) is 0 Å². The van der Waals surface area contributed by atoms with Gasteiger partial charge in [-0.3, -0.25) is 0 Å². The number of rotatable bonds is 1. The van der Waals surface area contributed by atoms with E-state index in [2.05, 4.69) is 295 Å². The molecular formula is C68H90Cl2S2. The lowest BCUT2D eigenvalue weighted by atomic mass is 9.86. The van der Waals surface area contributed by atoms with E-state index >= 15 is 0 Å². The van der Waals surface area contributed by atoms with Crippen molar-refractivity contribution in [1.82, 2.24) is 0 Å². The molecule has 0 radical (unpaired) electrons. The second-order valence-corrected chi connectivity index (χ2v) is 27.5. The lowest BCUT2D eigenvalue weighted by Gasteiger charge is -2.19. The Kier molecular flexibility index (Phi) is 24.5. The molecule has 8 aromatic rings. The number of thiophene rings is 2. The Morgan fingerprint density at radius 2 is 0.722 bits per heavy atom. The minimum absolute atomic E-state index is 0. The molecule has 2 heterocycles. The standard InChI is InChI=1S/C16H18.C14H16.C11H16.C10H14.C8H10Cl2S.C8H12S.CH4/c1-16(2,3)15-11-9-14(10-12-15)13-7-5-4-6-8-13;1-14(2,3)13-9-8-11-6-4-5-7-12(11)10-13;1-9-5-7-10(8-6-9)11(2,3)4;1-10(2,3)9-7-5-4-6-8-9;1-8(2,3)6-4-5(9)7(10)11-6;1-8(2,3)7-5-4-6-9-7;/h4-12H,1-3H3;4-10H,1-3H3;5-8H,1-4H3;4-8H,1-3H3;4H,1-3H3;4-6H,1-3H3;1H4. The third-order valence-corrected chi connectivity index (χ3v) is 15.3. The molecule has 0 atom stereocenters. The van der Waals surface area contributed by atoms with Crippen LogP contribution in [-0.4, -0.2) is 0 Å². The molecule has 8 rings (SSSR count). The van der Waals surface area contributed by atoms with Gasteiger partial charge < -0.3 is 0 Å². The molecule has 0 aliphatic rings. The minimum Gasteiger partial charge on any atom is -0.148 e. The molecular weight excluding hydrogens is 952 g/mol. The first-order chi connectivity index (χ1) is 32.8. The van der Waals surface area contributed by atoms with Gasteiger partial charge in [0.2, 0.25) is 0 Å². The Morgan fingerprint density at radius 1 is 0.333 bits per heavy atom. The first-order valence-electron chi connectivity index (χ1n) is 25.0. The number of halogens is 2. The van der Waals surface area contributed by atoms with Gasteiger partial charge in [-0.15, -0.1) is 22.7 Å². The van der Waals surface area contributed by atoms with Crippen molar-refractivity contribution in [3.8, 4) is 11.1 Å². The number of hydrogen-bond donors (Lipinski definition) is 0. The molecule has 4 heteroatoms. The van der Waals surface area contributed by atoms with Crippen molar-refractivity contribution in [2.45, 2.75) is 171 Å². The quantitative estimate of drug-likeness (QED) is 0.154. The molecule has 0 saturated carbocycles. The summed E-state index contributed by atoms with van der Waals surface area (Å²) in [6.45, 7) is 42.1. The van der Waals surface area contributed by atoms with E-state index < -0.39 is 0 Å². The van der Waals surface area contributed by atoms with Crippen LogP contribution in [0.3, 0.4) is 0 Å². The second-order valence-electron chi connectivity index (χ2n) is 24.4. The van der Waals surface area contributed by atoms with Gasteiger partial charge in [0.1, 0.15) is 4.34 Å². The number of fused-ring (bicyclic) bond motifs is 1. The Labute approximate surface area is 458 Å². The summed E-state index contributed by atoms with van der Waals surface area (Å²) in [4.78, 5) is 2.69. The van der Waals surface area contributed by atoms with Crippen molar-refractivity contribution in [1.29, 1.82) is 0 Å². The van der Waals surface area contributed by atoms with Crippen molar-refractivity contribution >= 4 is 56.6 Å². The molecule has 0 fully saturated rings. The van der Waals surface area contributed by atoms with Crippen LogP contribution in [0.4, 0.5) is 0 Å². The predicted molar refractivity (Wildman–Crippen MR) is 331 cm³/mol. The fraction of sp³-hybridized carbons (Fsp3) is 0.382. The average molecular weight is 1040 g/mol. The van der Waals surface area contributed by atoms with Crippen molar-refractivity contribution in [2.75, 3.05) is 0 Å². The van der Waals surface area contributed by atoms with Crippen LogP contribution in [0, 0.1) is 6.92 Å². The summed E-state index contributed by atoms with van der Waals surface area (Å²) < 4.78 is 0.691. The summed E-state index contributed by atoms with van der Waals surface area (Å²) in [5.41, 5.74) is 11.0. The van der Waals surface area contributed by atoms with Gasteiger partial charge in [0, 0.05) is 9.75 Å². The fourth-order valence-corrected chi connectivity index (χ4v) is 9.10. The number of aryl methyl sites for hydroxylation is 1. The third kappa shape index (κ3) is 22.4. The Balaban J connectivity index is 0.000000299. The van der Waals surface area contributed by atoms with Crippen LogP contribution in [0.15, 0.2) is 175 Å². The maximum absolute atomic E-state index is 5.82. The SMILES string of the molecule is C.CC(C)(C)c1cc(Cl)c(Cl)s1.CC(C)(C)c1ccc(-c2ccccc2)cc1.CC(C)(C)c1ccc2ccccc2c1.CC(C)(C)c1ccccc1.CC(C)(C)c1cccs1.Cc1ccc(C(C)(C)C)cc1. The topological polar surface area (TPSA) is 0 Å². The van der Waals surface area contributed by atoms with E-state index in [1.54, 1.807) is 11.3 Å². The molecule has 0 bridgehead atoms. The maximum Gasteiger partial charge on any atom is 0.112 e. The summed E-state index contributed by atoms with van der Waals surface area (Å²) in [5, 5.41) is 5.45. The Hall–Kier alpha value is -4.44. The fourth-order valence-electron chi connectivity index (χ4n) is 6.86.